The van der Waals surface area contributed by atoms with Crippen molar-refractivity contribution in [3.63, 3.8) is 0 Å². The number of benzene rings is 1. The molecule has 1 aromatic rings. The lowest BCUT2D eigenvalue weighted by atomic mass is 10.0. The molecule has 2 aliphatic rings. The van der Waals surface area contributed by atoms with Gasteiger partial charge in [0.05, 0.1) is 12.1 Å². The third-order valence-corrected chi connectivity index (χ3v) is 5.64. The largest absolute Gasteiger partial charge is 0.444 e. The van der Waals surface area contributed by atoms with Gasteiger partial charge in [-0.25, -0.2) is 4.79 Å². The normalized spacial score (nSPS) is 20.3. The highest BCUT2D eigenvalue weighted by molar-refractivity contribution is 6.01. The van der Waals surface area contributed by atoms with E-state index in [4.69, 9.17) is 10.5 Å². The number of fused-ring (bicyclic) bond motifs is 1. The van der Waals surface area contributed by atoms with Crippen LogP contribution in [0.2, 0.25) is 0 Å². The van der Waals surface area contributed by atoms with Gasteiger partial charge in [0.25, 0.3) is 5.91 Å². The highest BCUT2D eigenvalue weighted by atomic mass is 16.6. The number of rotatable bonds is 5. The lowest BCUT2D eigenvalue weighted by Crippen LogP contribution is -2.40. The third-order valence-electron chi connectivity index (χ3n) is 5.64. The average Bonchev–Trinajstić information content (AvgIpc) is 3.24. The van der Waals surface area contributed by atoms with Crippen molar-refractivity contribution in [1.82, 2.24) is 15.5 Å². The molecular formula is C23H35N5O4. The summed E-state index contributed by atoms with van der Waals surface area (Å²) in [6.45, 7) is 12.2. The molecule has 2 heterocycles. The zero-order chi connectivity index (χ0) is 23.6. The summed E-state index contributed by atoms with van der Waals surface area (Å²) in [5.41, 5.74) is 7.16. The maximum absolute atomic E-state index is 12.6. The molecule has 3 amide bonds. The SMILES string of the molecule is CC(C)NC(=O)CNC(=O)c1cc(N2CC3CN(C(=O)OC(C)(C)C)CC3C2)ccc1N. The smallest absolute Gasteiger partial charge is 0.410 e. The number of carbonyl (C=O) groups is 3. The fourth-order valence-corrected chi connectivity index (χ4v) is 4.25. The van der Waals surface area contributed by atoms with E-state index in [9.17, 15) is 14.4 Å². The van der Waals surface area contributed by atoms with Crippen molar-refractivity contribution in [1.29, 1.82) is 0 Å². The van der Waals surface area contributed by atoms with Crippen molar-refractivity contribution < 1.29 is 19.1 Å². The van der Waals surface area contributed by atoms with Crippen LogP contribution in [-0.2, 0) is 9.53 Å². The molecule has 0 saturated carbocycles. The van der Waals surface area contributed by atoms with Crippen LogP contribution in [0.1, 0.15) is 45.0 Å². The van der Waals surface area contributed by atoms with Gasteiger partial charge >= 0.3 is 6.09 Å². The second kappa shape index (κ2) is 9.26. The zero-order valence-electron chi connectivity index (χ0n) is 19.6. The second-order valence-electron chi connectivity index (χ2n) is 9.99. The van der Waals surface area contributed by atoms with Crippen molar-refractivity contribution in [3.05, 3.63) is 23.8 Å². The minimum Gasteiger partial charge on any atom is -0.444 e. The maximum Gasteiger partial charge on any atom is 0.410 e. The standard InChI is InChI=1S/C23H35N5O4/c1-14(2)26-20(29)9-25-21(30)18-8-17(6-7-19(18)24)27-10-15-12-28(13-16(15)11-27)22(31)32-23(3,4)5/h6-8,14-16H,9-13,24H2,1-5H3,(H,25,30)(H,26,29). The molecule has 0 aliphatic carbocycles. The molecule has 2 aliphatic heterocycles. The molecule has 0 spiro atoms. The minimum absolute atomic E-state index is 0.00802. The fraction of sp³-hybridized carbons (Fsp3) is 0.609. The molecule has 9 nitrogen and oxygen atoms in total. The van der Waals surface area contributed by atoms with Gasteiger partial charge in [-0.2, -0.15) is 0 Å². The molecule has 3 rings (SSSR count). The van der Waals surface area contributed by atoms with Gasteiger partial charge < -0.3 is 30.9 Å². The molecule has 2 fully saturated rings. The number of ether oxygens (including phenoxy) is 1. The summed E-state index contributed by atoms with van der Waals surface area (Å²) in [4.78, 5) is 40.8. The lowest BCUT2D eigenvalue weighted by Gasteiger charge is -2.26. The van der Waals surface area contributed by atoms with Crippen molar-refractivity contribution in [2.45, 2.75) is 46.3 Å². The van der Waals surface area contributed by atoms with Gasteiger partial charge in [-0.15, -0.1) is 0 Å². The quantitative estimate of drug-likeness (QED) is 0.596. The van der Waals surface area contributed by atoms with E-state index in [0.717, 1.165) is 18.8 Å². The monoisotopic (exact) mass is 445 g/mol. The lowest BCUT2D eigenvalue weighted by molar-refractivity contribution is -0.120. The maximum atomic E-state index is 12.6. The minimum atomic E-state index is -0.503. The number of nitrogens with two attached hydrogens (primary N) is 1. The van der Waals surface area contributed by atoms with E-state index in [1.54, 1.807) is 17.0 Å². The van der Waals surface area contributed by atoms with Gasteiger partial charge in [-0.05, 0) is 52.8 Å². The highest BCUT2D eigenvalue weighted by Crippen LogP contribution is 2.35. The number of amides is 3. The predicted molar refractivity (Wildman–Crippen MR) is 123 cm³/mol. The number of nitrogens with zero attached hydrogens (tertiary/aromatic N) is 2. The van der Waals surface area contributed by atoms with Gasteiger partial charge in [0, 0.05) is 55.4 Å². The van der Waals surface area contributed by atoms with Gasteiger partial charge in [0.15, 0.2) is 0 Å². The van der Waals surface area contributed by atoms with Gasteiger partial charge in [0.1, 0.15) is 5.60 Å². The molecule has 9 heteroatoms. The number of hydrogen-bond donors (Lipinski definition) is 3. The number of nitrogens with one attached hydrogen (secondary N) is 2. The Kier molecular flexibility index (Phi) is 6.85. The molecule has 4 N–H and O–H groups in total. The van der Waals surface area contributed by atoms with Gasteiger partial charge in [0.2, 0.25) is 5.91 Å². The first-order valence-electron chi connectivity index (χ1n) is 11.1. The Hall–Kier alpha value is -2.97. The molecule has 176 valence electrons. The Bertz CT molecular complexity index is 866. The van der Waals surface area contributed by atoms with E-state index in [-0.39, 0.29) is 30.5 Å². The van der Waals surface area contributed by atoms with Crippen LogP contribution in [0.5, 0.6) is 0 Å². The van der Waals surface area contributed by atoms with Crippen LogP contribution in [0.25, 0.3) is 0 Å². The topological polar surface area (TPSA) is 117 Å². The molecule has 2 saturated heterocycles. The summed E-state index contributed by atoms with van der Waals surface area (Å²) < 4.78 is 5.50. The summed E-state index contributed by atoms with van der Waals surface area (Å²) in [6, 6.07) is 5.41. The van der Waals surface area contributed by atoms with Crippen LogP contribution >= 0.6 is 0 Å². The Morgan fingerprint density at radius 1 is 1.12 bits per heavy atom. The number of likely N-dealkylation sites (tertiary alicyclic amines) is 1. The predicted octanol–water partition coefficient (Wildman–Crippen LogP) is 1.83. The Morgan fingerprint density at radius 3 is 2.31 bits per heavy atom. The van der Waals surface area contributed by atoms with Crippen molar-refractivity contribution in [2.75, 3.05) is 43.4 Å². The first kappa shape index (κ1) is 23.7. The number of hydrogen-bond acceptors (Lipinski definition) is 6. The van der Waals surface area contributed by atoms with Crippen LogP contribution in [0, 0.1) is 11.8 Å². The van der Waals surface area contributed by atoms with E-state index in [0.29, 0.717) is 36.2 Å². The Balaban J connectivity index is 1.59. The van der Waals surface area contributed by atoms with Crippen LogP contribution < -0.4 is 21.3 Å². The van der Waals surface area contributed by atoms with Crippen LogP contribution in [-0.4, -0.2) is 67.2 Å². The number of carbonyl (C=O) groups excluding carboxylic acids is 3. The molecular weight excluding hydrogens is 410 g/mol. The Labute approximate surface area is 189 Å². The first-order chi connectivity index (χ1) is 14.9. The van der Waals surface area contributed by atoms with Crippen LogP contribution in [0.4, 0.5) is 16.2 Å². The van der Waals surface area contributed by atoms with Gasteiger partial charge in [-0.1, -0.05) is 0 Å². The summed E-state index contributed by atoms with van der Waals surface area (Å²) >= 11 is 0. The number of anilines is 2. The highest BCUT2D eigenvalue weighted by Gasteiger charge is 2.42. The van der Waals surface area contributed by atoms with Crippen LogP contribution in [0.15, 0.2) is 18.2 Å². The Morgan fingerprint density at radius 2 is 1.75 bits per heavy atom. The molecule has 0 radical (unpaired) electrons. The van der Waals surface area contributed by atoms with Crippen molar-refractivity contribution in [2.24, 2.45) is 11.8 Å². The van der Waals surface area contributed by atoms with E-state index in [2.05, 4.69) is 15.5 Å². The third kappa shape index (κ3) is 5.83. The average molecular weight is 446 g/mol. The van der Waals surface area contributed by atoms with E-state index >= 15 is 0 Å². The van der Waals surface area contributed by atoms with Crippen molar-refractivity contribution in [3.8, 4) is 0 Å². The molecule has 32 heavy (non-hydrogen) atoms. The molecule has 2 unspecified atom stereocenters. The van der Waals surface area contributed by atoms with Crippen molar-refractivity contribution >= 4 is 29.3 Å². The zero-order valence-corrected chi connectivity index (χ0v) is 19.6. The second-order valence-corrected chi connectivity index (χ2v) is 9.99. The molecule has 2 atom stereocenters. The van der Waals surface area contributed by atoms with Crippen LogP contribution in [0.3, 0.4) is 0 Å². The summed E-state index contributed by atoms with van der Waals surface area (Å²) in [5, 5.41) is 5.37. The molecule has 1 aromatic carbocycles. The van der Waals surface area contributed by atoms with Gasteiger partial charge in [-0.3, -0.25) is 9.59 Å². The summed E-state index contributed by atoms with van der Waals surface area (Å²) in [6.07, 6.45) is -0.258. The van der Waals surface area contributed by atoms with E-state index < -0.39 is 5.60 Å². The first-order valence-corrected chi connectivity index (χ1v) is 11.1. The molecule has 0 bridgehead atoms. The number of nitrogen functional groups attached to an aromatic ring is 1. The fourth-order valence-electron chi connectivity index (χ4n) is 4.25. The van der Waals surface area contributed by atoms with E-state index in [1.807, 2.05) is 40.7 Å². The van der Waals surface area contributed by atoms with E-state index in [1.165, 1.54) is 0 Å². The summed E-state index contributed by atoms with van der Waals surface area (Å²) in [5.74, 6) is 0.0953. The summed E-state index contributed by atoms with van der Waals surface area (Å²) in [7, 11) is 0. The molecule has 0 aromatic heterocycles.